The zero-order valence-electron chi connectivity index (χ0n) is 15.6. The normalized spacial score (nSPS) is 18.7. The number of benzene rings is 2. The first-order chi connectivity index (χ1) is 13.2. The molecule has 0 unspecified atom stereocenters. The van der Waals surface area contributed by atoms with Crippen molar-refractivity contribution in [3.63, 3.8) is 0 Å². The Balaban J connectivity index is 1.48. The van der Waals surface area contributed by atoms with Gasteiger partial charge in [-0.3, -0.25) is 9.59 Å². The van der Waals surface area contributed by atoms with Gasteiger partial charge in [0.2, 0.25) is 11.8 Å². The Labute approximate surface area is 160 Å². The average Bonchev–Trinajstić information content (AvgIpc) is 3.37. The van der Waals surface area contributed by atoms with E-state index in [4.69, 9.17) is 0 Å². The molecule has 2 fully saturated rings. The third kappa shape index (κ3) is 3.48. The molecule has 1 heterocycles. The van der Waals surface area contributed by atoms with Crippen LogP contribution in [-0.2, 0) is 21.5 Å². The number of nitrogens with zero attached hydrogens (tertiary/aromatic N) is 1. The number of hydrogen-bond acceptors (Lipinski definition) is 2. The van der Waals surface area contributed by atoms with Crippen molar-refractivity contribution in [3.8, 4) is 0 Å². The highest BCUT2D eigenvalue weighted by Gasteiger charge is 2.42. The molecular formula is C23H26N2O2. The van der Waals surface area contributed by atoms with Crippen molar-refractivity contribution < 1.29 is 9.59 Å². The van der Waals surface area contributed by atoms with Gasteiger partial charge >= 0.3 is 0 Å². The van der Waals surface area contributed by atoms with Gasteiger partial charge in [-0.15, -0.1) is 0 Å². The van der Waals surface area contributed by atoms with Crippen LogP contribution in [0, 0.1) is 0 Å². The van der Waals surface area contributed by atoms with E-state index in [0.29, 0.717) is 13.0 Å². The summed E-state index contributed by atoms with van der Waals surface area (Å²) < 4.78 is 0. The van der Waals surface area contributed by atoms with Gasteiger partial charge in [0.25, 0.3) is 0 Å². The SMILES string of the molecule is O=C1CCCN1c1cccc(CNC(=O)C2(c3ccccc3)CCCC2)c1. The molecule has 140 valence electrons. The fourth-order valence-corrected chi connectivity index (χ4v) is 4.49. The van der Waals surface area contributed by atoms with Crippen LogP contribution in [0.3, 0.4) is 0 Å². The molecule has 0 atom stereocenters. The highest BCUT2D eigenvalue weighted by Crippen LogP contribution is 2.41. The topological polar surface area (TPSA) is 49.4 Å². The summed E-state index contributed by atoms with van der Waals surface area (Å²) in [5, 5.41) is 3.17. The van der Waals surface area contributed by atoms with E-state index in [0.717, 1.165) is 55.5 Å². The van der Waals surface area contributed by atoms with E-state index in [1.54, 1.807) is 0 Å². The van der Waals surface area contributed by atoms with Gasteiger partial charge in [-0.05, 0) is 42.5 Å². The minimum atomic E-state index is -0.399. The Morgan fingerprint density at radius 3 is 2.48 bits per heavy atom. The zero-order valence-corrected chi connectivity index (χ0v) is 15.6. The molecule has 27 heavy (non-hydrogen) atoms. The van der Waals surface area contributed by atoms with Gasteiger partial charge in [0.05, 0.1) is 5.41 Å². The molecule has 1 saturated heterocycles. The third-order valence-electron chi connectivity index (χ3n) is 5.97. The van der Waals surface area contributed by atoms with Gasteiger partial charge in [0.1, 0.15) is 0 Å². The number of rotatable bonds is 5. The van der Waals surface area contributed by atoms with Gasteiger partial charge in [0.15, 0.2) is 0 Å². The molecule has 2 aromatic rings. The lowest BCUT2D eigenvalue weighted by Gasteiger charge is -2.28. The van der Waals surface area contributed by atoms with Crippen molar-refractivity contribution in [1.82, 2.24) is 5.32 Å². The number of carbonyl (C=O) groups is 2. The molecule has 0 radical (unpaired) electrons. The first-order valence-corrected chi connectivity index (χ1v) is 9.92. The molecule has 0 aromatic heterocycles. The molecule has 1 N–H and O–H groups in total. The van der Waals surface area contributed by atoms with Gasteiger partial charge in [-0.1, -0.05) is 55.3 Å². The van der Waals surface area contributed by atoms with Crippen molar-refractivity contribution in [2.24, 2.45) is 0 Å². The van der Waals surface area contributed by atoms with E-state index in [1.165, 1.54) is 0 Å². The number of hydrogen-bond donors (Lipinski definition) is 1. The third-order valence-corrected chi connectivity index (χ3v) is 5.97. The van der Waals surface area contributed by atoms with Crippen LogP contribution in [0.5, 0.6) is 0 Å². The van der Waals surface area contributed by atoms with Gasteiger partial charge in [0, 0.05) is 25.2 Å². The number of nitrogens with one attached hydrogen (secondary N) is 1. The van der Waals surface area contributed by atoms with Crippen LogP contribution < -0.4 is 10.2 Å². The lowest BCUT2D eigenvalue weighted by atomic mass is 9.78. The molecule has 1 saturated carbocycles. The Hall–Kier alpha value is -2.62. The fourth-order valence-electron chi connectivity index (χ4n) is 4.49. The molecule has 4 heteroatoms. The highest BCUT2D eigenvalue weighted by molar-refractivity contribution is 5.95. The molecule has 2 amide bonds. The predicted octanol–water partition coefficient (Wildman–Crippen LogP) is 3.94. The summed E-state index contributed by atoms with van der Waals surface area (Å²) in [6.07, 6.45) is 5.54. The van der Waals surface area contributed by atoms with Crippen molar-refractivity contribution in [2.75, 3.05) is 11.4 Å². The standard InChI is InChI=1S/C23H26N2O2/c26-21-12-7-15-25(21)20-11-6-8-18(16-20)17-24-22(27)23(13-4-5-14-23)19-9-2-1-3-10-19/h1-3,6,8-11,16H,4-5,7,12-15,17H2,(H,24,27). The minimum Gasteiger partial charge on any atom is -0.351 e. The first kappa shape index (κ1) is 17.8. The fraction of sp³-hybridized carbons (Fsp3) is 0.391. The summed E-state index contributed by atoms with van der Waals surface area (Å²) in [6.45, 7) is 1.27. The monoisotopic (exact) mass is 362 g/mol. The summed E-state index contributed by atoms with van der Waals surface area (Å²) in [7, 11) is 0. The van der Waals surface area contributed by atoms with E-state index in [-0.39, 0.29) is 11.8 Å². The zero-order chi connectivity index (χ0) is 18.7. The molecule has 2 aliphatic rings. The molecule has 0 bridgehead atoms. The second kappa shape index (κ2) is 7.55. The lowest BCUT2D eigenvalue weighted by Crippen LogP contribution is -2.42. The summed E-state index contributed by atoms with van der Waals surface area (Å²) in [5.74, 6) is 0.305. The second-order valence-electron chi connectivity index (χ2n) is 7.66. The van der Waals surface area contributed by atoms with Crippen LogP contribution >= 0.6 is 0 Å². The van der Waals surface area contributed by atoms with Gasteiger partial charge in [-0.25, -0.2) is 0 Å². The van der Waals surface area contributed by atoms with Gasteiger partial charge < -0.3 is 10.2 Å². The van der Waals surface area contributed by atoms with Crippen molar-refractivity contribution in [2.45, 2.75) is 50.5 Å². The highest BCUT2D eigenvalue weighted by atomic mass is 16.2. The Morgan fingerprint density at radius 1 is 1.00 bits per heavy atom. The quantitative estimate of drug-likeness (QED) is 0.876. The lowest BCUT2D eigenvalue weighted by molar-refractivity contribution is -0.126. The number of carbonyl (C=O) groups excluding carboxylic acids is 2. The maximum atomic E-state index is 13.2. The maximum absolute atomic E-state index is 13.2. The maximum Gasteiger partial charge on any atom is 0.230 e. The molecule has 0 spiro atoms. The van der Waals surface area contributed by atoms with Crippen molar-refractivity contribution in [3.05, 3.63) is 65.7 Å². The Kier molecular flexibility index (Phi) is 4.97. The average molecular weight is 362 g/mol. The van der Waals surface area contributed by atoms with Gasteiger partial charge in [-0.2, -0.15) is 0 Å². The van der Waals surface area contributed by atoms with E-state index >= 15 is 0 Å². The van der Waals surface area contributed by atoms with Crippen molar-refractivity contribution in [1.29, 1.82) is 0 Å². The van der Waals surface area contributed by atoms with Crippen LogP contribution in [0.1, 0.15) is 49.7 Å². The minimum absolute atomic E-state index is 0.119. The number of amides is 2. The molecule has 1 aliphatic heterocycles. The van der Waals surface area contributed by atoms with Crippen LogP contribution in [-0.4, -0.2) is 18.4 Å². The molecule has 4 nitrogen and oxygen atoms in total. The Morgan fingerprint density at radius 2 is 1.78 bits per heavy atom. The number of anilines is 1. The van der Waals surface area contributed by atoms with E-state index in [1.807, 2.05) is 47.4 Å². The van der Waals surface area contributed by atoms with E-state index in [2.05, 4.69) is 17.4 Å². The Bertz CT molecular complexity index is 825. The second-order valence-corrected chi connectivity index (χ2v) is 7.66. The smallest absolute Gasteiger partial charge is 0.230 e. The van der Waals surface area contributed by atoms with Crippen LogP contribution in [0.25, 0.3) is 0 Å². The first-order valence-electron chi connectivity index (χ1n) is 9.92. The molecule has 1 aliphatic carbocycles. The molecule has 2 aromatic carbocycles. The van der Waals surface area contributed by atoms with Crippen LogP contribution in [0.15, 0.2) is 54.6 Å². The largest absolute Gasteiger partial charge is 0.351 e. The summed E-state index contributed by atoms with van der Waals surface area (Å²) >= 11 is 0. The molecular weight excluding hydrogens is 336 g/mol. The van der Waals surface area contributed by atoms with Crippen LogP contribution in [0.4, 0.5) is 5.69 Å². The molecule has 4 rings (SSSR count). The summed E-state index contributed by atoms with van der Waals surface area (Å²) in [6, 6.07) is 18.1. The predicted molar refractivity (Wildman–Crippen MR) is 106 cm³/mol. The summed E-state index contributed by atoms with van der Waals surface area (Å²) in [4.78, 5) is 27.0. The summed E-state index contributed by atoms with van der Waals surface area (Å²) in [5.41, 5.74) is 2.69. The van der Waals surface area contributed by atoms with E-state index in [9.17, 15) is 9.59 Å². The van der Waals surface area contributed by atoms with Crippen LogP contribution in [0.2, 0.25) is 0 Å². The van der Waals surface area contributed by atoms with Crippen molar-refractivity contribution >= 4 is 17.5 Å². The van der Waals surface area contributed by atoms with E-state index < -0.39 is 5.41 Å².